The van der Waals surface area contributed by atoms with Gasteiger partial charge in [0.05, 0.1) is 12.8 Å². The van der Waals surface area contributed by atoms with Crippen molar-refractivity contribution in [3.63, 3.8) is 0 Å². The summed E-state index contributed by atoms with van der Waals surface area (Å²) in [6.07, 6.45) is 1.64. The van der Waals surface area contributed by atoms with Gasteiger partial charge in [0.25, 0.3) is 5.91 Å². The van der Waals surface area contributed by atoms with E-state index < -0.39 is 5.91 Å². The minimum atomic E-state index is -0.434. The molecule has 0 spiro atoms. The number of aryl methyl sites for hydroxylation is 1. The zero-order chi connectivity index (χ0) is 18.2. The molecule has 0 atom stereocenters. The highest BCUT2D eigenvalue weighted by atomic mass is 16.5. The van der Waals surface area contributed by atoms with E-state index in [1.54, 1.807) is 19.4 Å². The second kappa shape index (κ2) is 9.06. The third-order valence-electron chi connectivity index (χ3n) is 4.13. The second-order valence-corrected chi connectivity index (χ2v) is 5.98. The van der Waals surface area contributed by atoms with Gasteiger partial charge >= 0.3 is 0 Å². The monoisotopic (exact) mass is 343 g/mol. The first-order chi connectivity index (χ1) is 12.1. The minimum absolute atomic E-state index is 0.0795. The highest BCUT2D eigenvalue weighted by Gasteiger charge is 2.17. The molecule has 1 aliphatic rings. The van der Waals surface area contributed by atoms with Gasteiger partial charge in [0.1, 0.15) is 17.4 Å². The molecule has 0 bridgehead atoms. The molecule has 1 aromatic rings. The van der Waals surface area contributed by atoms with Crippen molar-refractivity contribution in [1.29, 1.82) is 5.26 Å². The summed E-state index contributed by atoms with van der Waals surface area (Å²) in [5.74, 6) is 0.127. The third kappa shape index (κ3) is 5.21. The first-order valence-electron chi connectivity index (χ1n) is 8.31. The van der Waals surface area contributed by atoms with Crippen LogP contribution in [-0.4, -0.2) is 62.1 Å². The van der Waals surface area contributed by atoms with E-state index >= 15 is 0 Å². The van der Waals surface area contributed by atoms with Gasteiger partial charge in [0.15, 0.2) is 0 Å². The summed E-state index contributed by atoms with van der Waals surface area (Å²) in [6, 6.07) is 7.50. The van der Waals surface area contributed by atoms with Crippen LogP contribution in [0.3, 0.4) is 0 Å². The van der Waals surface area contributed by atoms with E-state index in [0.29, 0.717) is 18.0 Å². The molecule has 1 saturated heterocycles. The lowest BCUT2D eigenvalue weighted by molar-refractivity contribution is -0.112. The van der Waals surface area contributed by atoms with Crippen molar-refractivity contribution in [1.82, 2.24) is 9.80 Å². The summed E-state index contributed by atoms with van der Waals surface area (Å²) in [5, 5.41) is 12.1. The number of nitrogens with two attached hydrogens (primary N) is 1. The van der Waals surface area contributed by atoms with Crippen LogP contribution in [0.1, 0.15) is 5.56 Å². The predicted molar refractivity (Wildman–Crippen MR) is 97.1 cm³/mol. The first kappa shape index (κ1) is 18.8. The maximum absolute atomic E-state index is 12.5. The van der Waals surface area contributed by atoms with Crippen molar-refractivity contribution in [2.75, 3.05) is 51.7 Å². The Bertz CT molecular complexity index is 673. The fourth-order valence-corrected chi connectivity index (χ4v) is 2.73. The largest absolute Gasteiger partial charge is 0.495 e. The van der Waals surface area contributed by atoms with Crippen LogP contribution < -0.4 is 15.8 Å². The fourth-order valence-electron chi connectivity index (χ4n) is 2.73. The van der Waals surface area contributed by atoms with E-state index in [0.717, 1.165) is 38.3 Å². The Labute approximate surface area is 148 Å². The van der Waals surface area contributed by atoms with Gasteiger partial charge in [0, 0.05) is 45.5 Å². The molecule has 0 saturated carbocycles. The van der Waals surface area contributed by atoms with Crippen molar-refractivity contribution < 1.29 is 9.53 Å². The molecule has 0 aliphatic carbocycles. The molecule has 1 aromatic carbocycles. The van der Waals surface area contributed by atoms with Crippen molar-refractivity contribution in [2.24, 2.45) is 5.73 Å². The van der Waals surface area contributed by atoms with Gasteiger partial charge < -0.3 is 20.7 Å². The van der Waals surface area contributed by atoms with Gasteiger partial charge in [-0.25, -0.2) is 0 Å². The molecule has 1 heterocycles. The highest BCUT2D eigenvalue weighted by molar-refractivity contribution is 6.07. The Morgan fingerprint density at radius 2 is 2.12 bits per heavy atom. The second-order valence-electron chi connectivity index (χ2n) is 5.98. The lowest BCUT2D eigenvalue weighted by Crippen LogP contribution is -2.45. The number of nitrogens with one attached hydrogen (secondary N) is 1. The lowest BCUT2D eigenvalue weighted by atomic mass is 10.2. The van der Waals surface area contributed by atoms with Gasteiger partial charge in [-0.2, -0.15) is 5.26 Å². The van der Waals surface area contributed by atoms with Crippen LogP contribution in [0.2, 0.25) is 0 Å². The molecule has 25 heavy (non-hydrogen) atoms. The topological polar surface area (TPSA) is 94.6 Å². The molecule has 1 fully saturated rings. The van der Waals surface area contributed by atoms with Gasteiger partial charge in [-0.15, -0.1) is 0 Å². The van der Waals surface area contributed by atoms with Gasteiger partial charge in [-0.3, -0.25) is 9.69 Å². The molecule has 7 heteroatoms. The van der Waals surface area contributed by atoms with E-state index in [1.807, 2.05) is 30.0 Å². The number of methoxy groups -OCH3 is 1. The SMILES string of the molecule is COc1ccc(C)cc1NC(=O)/C(C#N)=C\N1CCN(CCN)CC1. The number of ether oxygens (including phenoxy) is 1. The summed E-state index contributed by atoms with van der Waals surface area (Å²) >= 11 is 0. The Hall–Kier alpha value is -2.56. The molecule has 1 aliphatic heterocycles. The normalized spacial score (nSPS) is 15.6. The van der Waals surface area contributed by atoms with Gasteiger partial charge in [0.2, 0.25) is 0 Å². The molecule has 0 unspecified atom stereocenters. The number of rotatable bonds is 6. The number of benzene rings is 1. The maximum Gasteiger partial charge on any atom is 0.267 e. The van der Waals surface area contributed by atoms with Gasteiger partial charge in [-0.1, -0.05) is 6.07 Å². The van der Waals surface area contributed by atoms with Crippen molar-refractivity contribution in [3.05, 3.63) is 35.5 Å². The molecule has 3 N–H and O–H groups in total. The van der Waals surface area contributed by atoms with E-state index in [2.05, 4.69) is 10.2 Å². The van der Waals surface area contributed by atoms with E-state index in [1.165, 1.54) is 0 Å². The lowest BCUT2D eigenvalue weighted by Gasteiger charge is -2.33. The van der Waals surface area contributed by atoms with Crippen molar-refractivity contribution in [2.45, 2.75) is 6.92 Å². The average Bonchev–Trinajstić information content (AvgIpc) is 2.61. The van der Waals surface area contributed by atoms with Crippen LogP contribution in [0.4, 0.5) is 5.69 Å². The van der Waals surface area contributed by atoms with Crippen molar-refractivity contribution >= 4 is 11.6 Å². The number of nitriles is 1. The quantitative estimate of drug-likeness (QED) is 0.589. The summed E-state index contributed by atoms with van der Waals surface area (Å²) in [6.45, 7) is 6.73. The van der Waals surface area contributed by atoms with Crippen LogP contribution in [-0.2, 0) is 4.79 Å². The maximum atomic E-state index is 12.5. The Morgan fingerprint density at radius 1 is 1.40 bits per heavy atom. The molecule has 7 nitrogen and oxygen atoms in total. The van der Waals surface area contributed by atoms with E-state index in [9.17, 15) is 10.1 Å². The predicted octanol–water partition coefficient (Wildman–Crippen LogP) is 0.926. The average molecular weight is 343 g/mol. The molecular formula is C18H25N5O2. The summed E-state index contributed by atoms with van der Waals surface area (Å²) in [4.78, 5) is 16.7. The molecule has 1 amide bonds. The number of hydrogen-bond acceptors (Lipinski definition) is 6. The molecule has 0 radical (unpaired) electrons. The number of carbonyl (C=O) groups is 1. The molecule has 0 aromatic heterocycles. The summed E-state index contributed by atoms with van der Waals surface area (Å²) in [5.41, 5.74) is 7.20. The number of amides is 1. The molecule has 134 valence electrons. The summed E-state index contributed by atoms with van der Waals surface area (Å²) < 4.78 is 5.26. The van der Waals surface area contributed by atoms with Crippen LogP contribution in [0, 0.1) is 18.3 Å². The molecule has 2 rings (SSSR count). The smallest absolute Gasteiger partial charge is 0.267 e. The Balaban J connectivity index is 2.04. The van der Waals surface area contributed by atoms with Crippen LogP contribution in [0.15, 0.2) is 30.0 Å². The van der Waals surface area contributed by atoms with Gasteiger partial charge in [-0.05, 0) is 24.6 Å². The summed E-state index contributed by atoms with van der Waals surface area (Å²) in [7, 11) is 1.54. The number of hydrogen-bond donors (Lipinski definition) is 2. The van der Waals surface area contributed by atoms with E-state index in [-0.39, 0.29) is 5.57 Å². The Morgan fingerprint density at radius 3 is 2.72 bits per heavy atom. The fraction of sp³-hybridized carbons (Fsp3) is 0.444. The third-order valence-corrected chi connectivity index (χ3v) is 4.13. The minimum Gasteiger partial charge on any atom is -0.495 e. The van der Waals surface area contributed by atoms with E-state index in [4.69, 9.17) is 10.5 Å². The number of nitrogens with zero attached hydrogens (tertiary/aromatic N) is 3. The number of anilines is 1. The number of carbonyl (C=O) groups excluding carboxylic acids is 1. The van der Waals surface area contributed by atoms with Crippen LogP contribution in [0.25, 0.3) is 0 Å². The molecular weight excluding hydrogens is 318 g/mol. The standard InChI is InChI=1S/C18H25N5O2/c1-14-3-4-17(25-2)16(11-14)21-18(24)15(12-20)13-23-9-7-22(6-5-19)8-10-23/h3-4,11,13H,5-10,19H2,1-2H3,(H,21,24)/b15-13-. The number of piperazine rings is 1. The zero-order valence-corrected chi connectivity index (χ0v) is 14.8. The Kier molecular flexibility index (Phi) is 6.81. The zero-order valence-electron chi connectivity index (χ0n) is 14.8. The van der Waals surface area contributed by atoms with Crippen molar-refractivity contribution in [3.8, 4) is 11.8 Å². The first-order valence-corrected chi connectivity index (χ1v) is 8.31. The highest BCUT2D eigenvalue weighted by Crippen LogP contribution is 2.25. The van der Waals surface area contributed by atoms with Crippen LogP contribution in [0.5, 0.6) is 5.75 Å². The van der Waals surface area contributed by atoms with Crippen LogP contribution >= 0.6 is 0 Å².